The van der Waals surface area contributed by atoms with Gasteiger partial charge in [-0.1, -0.05) is 78.9 Å². The molecule has 27 heavy (non-hydrogen) atoms. The van der Waals surface area contributed by atoms with E-state index < -0.39 is 0 Å². The van der Waals surface area contributed by atoms with Crippen LogP contribution < -0.4 is 0 Å². The molecule has 0 saturated carbocycles. The Labute approximate surface area is 158 Å². The van der Waals surface area contributed by atoms with Gasteiger partial charge in [0.25, 0.3) is 0 Å². The summed E-state index contributed by atoms with van der Waals surface area (Å²) in [7, 11) is 0. The van der Waals surface area contributed by atoms with Crippen LogP contribution in [0.2, 0.25) is 0 Å². The van der Waals surface area contributed by atoms with Crippen LogP contribution in [0.5, 0.6) is 0 Å². The van der Waals surface area contributed by atoms with E-state index in [2.05, 4.69) is 72.8 Å². The molecular formula is C26H18O. The monoisotopic (exact) mass is 346 g/mol. The third kappa shape index (κ3) is 2.60. The molecule has 5 rings (SSSR count). The molecule has 0 aliphatic heterocycles. The minimum absolute atomic E-state index is 0.0633. The Bertz CT molecular complexity index is 1190. The molecule has 0 aromatic heterocycles. The van der Waals surface area contributed by atoms with Gasteiger partial charge < -0.3 is 0 Å². The van der Waals surface area contributed by atoms with Crippen molar-refractivity contribution < 1.29 is 4.79 Å². The van der Waals surface area contributed by atoms with E-state index in [9.17, 15) is 4.79 Å². The Balaban J connectivity index is 1.78. The minimum Gasteiger partial charge on any atom is -0.298 e. The van der Waals surface area contributed by atoms with Crippen molar-refractivity contribution in [3.63, 3.8) is 0 Å². The molecule has 1 nitrogen and oxygen atoms in total. The van der Waals surface area contributed by atoms with Gasteiger partial charge in [-0.2, -0.15) is 0 Å². The molecule has 0 bridgehead atoms. The summed E-state index contributed by atoms with van der Waals surface area (Å²) in [5.41, 5.74) is 6.76. The Morgan fingerprint density at radius 3 is 2.11 bits per heavy atom. The summed E-state index contributed by atoms with van der Waals surface area (Å²) in [5.74, 6) is 0.0633. The van der Waals surface area contributed by atoms with E-state index in [0.29, 0.717) is 0 Å². The number of hydrogen-bond acceptors (Lipinski definition) is 1. The first-order valence-corrected chi connectivity index (χ1v) is 9.19. The SMILES string of the molecule is O=Cc1cc2ccccc2cc1C1C(c2ccccc2)=Cc2ccccc21. The summed E-state index contributed by atoms with van der Waals surface area (Å²) < 4.78 is 0. The Hall–Kier alpha value is -3.45. The fraction of sp³-hybridized carbons (Fsp3) is 0.0385. The maximum atomic E-state index is 12.0. The third-order valence-electron chi connectivity index (χ3n) is 5.43. The average Bonchev–Trinajstić information content (AvgIpc) is 3.13. The molecule has 0 radical (unpaired) electrons. The molecule has 1 aliphatic rings. The van der Waals surface area contributed by atoms with Crippen LogP contribution in [0.1, 0.15) is 38.5 Å². The molecule has 0 N–H and O–H groups in total. The molecule has 0 amide bonds. The highest BCUT2D eigenvalue weighted by atomic mass is 16.1. The predicted octanol–water partition coefficient (Wildman–Crippen LogP) is 6.34. The molecule has 0 fully saturated rings. The van der Waals surface area contributed by atoms with Gasteiger partial charge in [-0.25, -0.2) is 0 Å². The molecule has 128 valence electrons. The summed E-state index contributed by atoms with van der Waals surface area (Å²) in [6.45, 7) is 0. The van der Waals surface area contributed by atoms with Gasteiger partial charge in [0.1, 0.15) is 6.29 Å². The van der Waals surface area contributed by atoms with E-state index in [-0.39, 0.29) is 5.92 Å². The zero-order chi connectivity index (χ0) is 18.2. The molecule has 1 atom stereocenters. The molecule has 1 aliphatic carbocycles. The van der Waals surface area contributed by atoms with Crippen LogP contribution >= 0.6 is 0 Å². The van der Waals surface area contributed by atoms with E-state index in [4.69, 9.17) is 0 Å². The van der Waals surface area contributed by atoms with Crippen molar-refractivity contribution in [2.45, 2.75) is 5.92 Å². The predicted molar refractivity (Wildman–Crippen MR) is 112 cm³/mol. The van der Waals surface area contributed by atoms with Crippen molar-refractivity contribution in [2.75, 3.05) is 0 Å². The standard InChI is InChI=1S/C26H18O/c27-17-22-14-19-10-4-5-11-20(19)15-25(22)26-23-13-7-6-12-21(23)16-24(26)18-8-2-1-3-9-18/h1-17,26H. The first kappa shape index (κ1) is 15.8. The largest absolute Gasteiger partial charge is 0.298 e. The first-order chi connectivity index (χ1) is 13.3. The van der Waals surface area contributed by atoms with Crippen molar-refractivity contribution >= 4 is 28.7 Å². The summed E-state index contributed by atoms with van der Waals surface area (Å²) >= 11 is 0. The Morgan fingerprint density at radius 2 is 1.33 bits per heavy atom. The third-order valence-corrected chi connectivity index (χ3v) is 5.43. The molecule has 4 aromatic carbocycles. The van der Waals surface area contributed by atoms with Crippen LogP contribution in [0.15, 0.2) is 91.0 Å². The number of carbonyl (C=O) groups excluding carboxylic acids is 1. The lowest BCUT2D eigenvalue weighted by molar-refractivity contribution is 0.112. The smallest absolute Gasteiger partial charge is 0.150 e. The van der Waals surface area contributed by atoms with Gasteiger partial charge in [-0.15, -0.1) is 0 Å². The summed E-state index contributed by atoms with van der Waals surface area (Å²) in [6, 6.07) is 31.4. The molecular weight excluding hydrogens is 328 g/mol. The van der Waals surface area contributed by atoms with Crippen molar-refractivity contribution in [1.82, 2.24) is 0 Å². The van der Waals surface area contributed by atoms with Gasteiger partial charge in [0.05, 0.1) is 0 Å². The lowest BCUT2D eigenvalue weighted by Crippen LogP contribution is -2.05. The van der Waals surface area contributed by atoms with Crippen LogP contribution in [0.3, 0.4) is 0 Å². The van der Waals surface area contributed by atoms with Gasteiger partial charge in [0.15, 0.2) is 0 Å². The molecule has 4 aromatic rings. The highest BCUT2D eigenvalue weighted by molar-refractivity contribution is 5.98. The molecule has 0 heterocycles. The van der Waals surface area contributed by atoms with Crippen molar-refractivity contribution in [1.29, 1.82) is 0 Å². The Kier molecular flexibility index (Phi) is 3.72. The Morgan fingerprint density at radius 1 is 0.667 bits per heavy atom. The van der Waals surface area contributed by atoms with E-state index in [1.165, 1.54) is 22.3 Å². The zero-order valence-corrected chi connectivity index (χ0v) is 14.8. The lowest BCUT2D eigenvalue weighted by Gasteiger charge is -2.20. The second-order valence-electron chi connectivity index (χ2n) is 6.97. The zero-order valence-electron chi connectivity index (χ0n) is 14.8. The first-order valence-electron chi connectivity index (χ1n) is 9.19. The van der Waals surface area contributed by atoms with E-state index in [0.717, 1.165) is 28.2 Å². The fourth-order valence-electron chi connectivity index (χ4n) is 4.17. The van der Waals surface area contributed by atoms with Crippen molar-refractivity contribution in [2.24, 2.45) is 0 Å². The highest BCUT2D eigenvalue weighted by Crippen LogP contribution is 2.47. The fourth-order valence-corrected chi connectivity index (χ4v) is 4.17. The number of benzene rings is 4. The molecule has 1 unspecified atom stereocenters. The second kappa shape index (κ2) is 6.37. The molecule has 0 spiro atoms. The number of allylic oxidation sites excluding steroid dienone is 1. The van der Waals surface area contributed by atoms with Crippen LogP contribution in [-0.2, 0) is 0 Å². The number of rotatable bonds is 3. The highest BCUT2D eigenvalue weighted by Gasteiger charge is 2.29. The second-order valence-corrected chi connectivity index (χ2v) is 6.97. The van der Waals surface area contributed by atoms with Gasteiger partial charge >= 0.3 is 0 Å². The lowest BCUT2D eigenvalue weighted by atomic mass is 9.82. The number of carbonyl (C=O) groups is 1. The maximum Gasteiger partial charge on any atom is 0.150 e. The van der Waals surface area contributed by atoms with Crippen molar-refractivity contribution in [3.05, 3.63) is 119 Å². The maximum absolute atomic E-state index is 12.0. The van der Waals surface area contributed by atoms with Crippen LogP contribution in [0.25, 0.3) is 22.4 Å². The summed E-state index contributed by atoms with van der Waals surface area (Å²) in [6.07, 6.45) is 3.25. The summed E-state index contributed by atoms with van der Waals surface area (Å²) in [5, 5.41) is 2.26. The molecule has 0 saturated heterocycles. The van der Waals surface area contributed by atoms with Gasteiger partial charge in [-0.05, 0) is 56.8 Å². The molecule has 1 heteroatoms. The van der Waals surface area contributed by atoms with Crippen LogP contribution in [0.4, 0.5) is 0 Å². The normalized spacial score (nSPS) is 15.4. The van der Waals surface area contributed by atoms with Crippen molar-refractivity contribution in [3.8, 4) is 0 Å². The van der Waals surface area contributed by atoms with Crippen LogP contribution in [0, 0.1) is 0 Å². The number of hydrogen-bond donors (Lipinski definition) is 0. The number of fused-ring (bicyclic) bond motifs is 2. The van der Waals surface area contributed by atoms with E-state index >= 15 is 0 Å². The minimum atomic E-state index is 0.0633. The van der Waals surface area contributed by atoms with Gasteiger partial charge in [-0.3, -0.25) is 4.79 Å². The van der Waals surface area contributed by atoms with Gasteiger partial charge in [0.2, 0.25) is 0 Å². The van der Waals surface area contributed by atoms with E-state index in [1.807, 2.05) is 24.3 Å². The van der Waals surface area contributed by atoms with Crippen LogP contribution in [-0.4, -0.2) is 6.29 Å². The van der Waals surface area contributed by atoms with E-state index in [1.54, 1.807) is 0 Å². The topological polar surface area (TPSA) is 17.1 Å². The number of aldehydes is 1. The van der Waals surface area contributed by atoms with Gasteiger partial charge in [0, 0.05) is 11.5 Å². The quantitative estimate of drug-likeness (QED) is 0.396. The average molecular weight is 346 g/mol. The summed E-state index contributed by atoms with van der Waals surface area (Å²) in [4.78, 5) is 12.0.